The van der Waals surface area contributed by atoms with E-state index in [1.165, 1.54) is 19.1 Å². The number of hydrogen-bond acceptors (Lipinski definition) is 3. The van der Waals surface area contributed by atoms with Crippen LogP contribution >= 0.6 is 23.2 Å². The molecular formula is C19H13Cl2NO3. The van der Waals surface area contributed by atoms with Crippen molar-refractivity contribution in [3.63, 3.8) is 0 Å². The molecule has 1 atom stereocenters. The van der Waals surface area contributed by atoms with Gasteiger partial charge in [0.25, 0.3) is 11.8 Å². The molecule has 6 heteroatoms. The van der Waals surface area contributed by atoms with E-state index in [1.807, 2.05) is 0 Å². The zero-order chi connectivity index (χ0) is 18.3. The number of carbonyl (C=O) groups excluding carboxylic acids is 3. The minimum absolute atomic E-state index is 0.151. The van der Waals surface area contributed by atoms with Gasteiger partial charge in [-0.3, -0.25) is 19.3 Å². The molecule has 0 aliphatic carbocycles. The number of Topliss-reactive ketones (excluding diaryl/α,β-unsaturated/α-hetero) is 1. The summed E-state index contributed by atoms with van der Waals surface area (Å²) in [5.74, 6) is -1.37. The van der Waals surface area contributed by atoms with Gasteiger partial charge in [0.2, 0.25) is 0 Å². The third kappa shape index (κ3) is 2.88. The van der Waals surface area contributed by atoms with Crippen LogP contribution in [-0.4, -0.2) is 22.5 Å². The topological polar surface area (TPSA) is 54.5 Å². The van der Waals surface area contributed by atoms with Gasteiger partial charge in [0.15, 0.2) is 5.78 Å². The lowest BCUT2D eigenvalue weighted by atomic mass is 9.96. The van der Waals surface area contributed by atoms with Crippen molar-refractivity contribution in [2.45, 2.75) is 13.0 Å². The molecule has 2 aromatic carbocycles. The highest BCUT2D eigenvalue weighted by molar-refractivity contribution is 6.43. The zero-order valence-corrected chi connectivity index (χ0v) is 14.8. The zero-order valence-electron chi connectivity index (χ0n) is 13.3. The van der Waals surface area contributed by atoms with Crippen molar-refractivity contribution in [1.29, 1.82) is 0 Å². The Balaban J connectivity index is 2.15. The first-order valence-electron chi connectivity index (χ1n) is 7.44. The van der Waals surface area contributed by atoms with Crippen LogP contribution in [0.1, 0.15) is 39.2 Å². The molecule has 0 saturated carbocycles. The monoisotopic (exact) mass is 373 g/mol. The Morgan fingerprint density at radius 1 is 1.00 bits per heavy atom. The molecule has 126 valence electrons. The van der Waals surface area contributed by atoms with Crippen molar-refractivity contribution in [2.24, 2.45) is 0 Å². The van der Waals surface area contributed by atoms with Crippen molar-refractivity contribution in [3.8, 4) is 0 Å². The summed E-state index contributed by atoms with van der Waals surface area (Å²) in [7, 11) is 0. The van der Waals surface area contributed by atoms with Crippen molar-refractivity contribution >= 4 is 40.8 Å². The molecule has 0 aromatic heterocycles. The summed E-state index contributed by atoms with van der Waals surface area (Å²) in [5.41, 5.74) is 1.10. The van der Waals surface area contributed by atoms with Crippen molar-refractivity contribution < 1.29 is 14.4 Å². The van der Waals surface area contributed by atoms with Gasteiger partial charge in [0.1, 0.15) is 0 Å². The van der Waals surface area contributed by atoms with Gasteiger partial charge in [-0.25, -0.2) is 0 Å². The molecule has 3 rings (SSSR count). The molecule has 1 aliphatic rings. The molecule has 1 aliphatic heterocycles. The van der Waals surface area contributed by atoms with Crippen LogP contribution in [-0.2, 0) is 4.79 Å². The predicted molar refractivity (Wildman–Crippen MR) is 96.0 cm³/mol. The summed E-state index contributed by atoms with van der Waals surface area (Å²) in [4.78, 5) is 38.7. The molecule has 0 bridgehead atoms. The Labute approximate surface area is 154 Å². The van der Waals surface area contributed by atoms with Gasteiger partial charge in [-0.1, -0.05) is 60.1 Å². The maximum absolute atomic E-state index is 12.9. The number of ketones is 1. The highest BCUT2D eigenvalue weighted by Gasteiger charge is 2.42. The lowest BCUT2D eigenvalue weighted by Crippen LogP contribution is -2.36. The van der Waals surface area contributed by atoms with E-state index >= 15 is 0 Å². The van der Waals surface area contributed by atoms with Gasteiger partial charge < -0.3 is 0 Å². The first-order valence-corrected chi connectivity index (χ1v) is 8.20. The third-order valence-corrected chi connectivity index (χ3v) is 4.84. The van der Waals surface area contributed by atoms with Crippen molar-refractivity contribution in [1.82, 2.24) is 4.90 Å². The van der Waals surface area contributed by atoms with Crippen LogP contribution in [0.15, 0.2) is 54.6 Å². The predicted octanol–water partition coefficient (Wildman–Crippen LogP) is 4.48. The fraction of sp³-hybridized carbons (Fsp3) is 0.105. The summed E-state index contributed by atoms with van der Waals surface area (Å²) in [6, 6.07) is 10.7. The number of halogens is 2. The van der Waals surface area contributed by atoms with Crippen molar-refractivity contribution in [2.75, 3.05) is 0 Å². The first-order chi connectivity index (χ1) is 11.8. The fourth-order valence-corrected chi connectivity index (χ4v) is 3.15. The Bertz CT molecular complexity index is 881. The van der Waals surface area contributed by atoms with E-state index in [0.29, 0.717) is 5.56 Å². The quantitative estimate of drug-likeness (QED) is 0.586. The molecular weight excluding hydrogens is 361 g/mol. The Morgan fingerprint density at radius 3 is 1.92 bits per heavy atom. The van der Waals surface area contributed by atoms with Crippen LogP contribution < -0.4 is 0 Å². The summed E-state index contributed by atoms with van der Waals surface area (Å²) in [6.45, 7) is 5.15. The number of carbonyl (C=O) groups is 3. The van der Waals surface area contributed by atoms with E-state index in [2.05, 4.69) is 6.58 Å². The number of fused-ring (bicyclic) bond motifs is 1. The van der Waals surface area contributed by atoms with Crippen LogP contribution in [0.2, 0.25) is 10.0 Å². The molecule has 2 amide bonds. The molecule has 0 saturated heterocycles. The number of amides is 2. The average molecular weight is 374 g/mol. The van der Waals surface area contributed by atoms with E-state index in [-0.39, 0.29) is 32.5 Å². The average Bonchev–Trinajstić information content (AvgIpc) is 2.81. The lowest BCUT2D eigenvalue weighted by Gasteiger charge is -2.27. The Hall–Kier alpha value is -2.43. The molecule has 4 nitrogen and oxygen atoms in total. The first kappa shape index (κ1) is 17.4. The molecule has 1 unspecified atom stereocenters. The fourth-order valence-electron chi connectivity index (χ4n) is 2.82. The summed E-state index contributed by atoms with van der Waals surface area (Å²) >= 11 is 12.0. The van der Waals surface area contributed by atoms with Gasteiger partial charge in [-0.15, -0.1) is 0 Å². The largest absolute Gasteiger partial charge is 0.295 e. The van der Waals surface area contributed by atoms with Crippen LogP contribution in [0.4, 0.5) is 0 Å². The minimum Gasteiger partial charge on any atom is -0.295 e. The van der Waals surface area contributed by atoms with E-state index in [1.54, 1.807) is 30.3 Å². The number of hydrogen-bond donors (Lipinski definition) is 0. The number of nitrogens with zero attached hydrogens (tertiary/aromatic N) is 1. The second kappa shape index (κ2) is 6.47. The summed E-state index contributed by atoms with van der Waals surface area (Å²) < 4.78 is 0. The van der Waals surface area contributed by atoms with Crippen LogP contribution in [0, 0.1) is 0 Å². The normalized spacial score (nSPS) is 14.4. The number of imide groups is 1. The third-order valence-electron chi connectivity index (χ3n) is 4.11. The molecule has 25 heavy (non-hydrogen) atoms. The molecule has 0 spiro atoms. The van der Waals surface area contributed by atoms with E-state index in [9.17, 15) is 14.4 Å². The van der Waals surface area contributed by atoms with Gasteiger partial charge in [-0.05, 0) is 24.6 Å². The Morgan fingerprint density at radius 2 is 1.48 bits per heavy atom. The van der Waals surface area contributed by atoms with E-state index in [0.717, 1.165) is 4.90 Å². The van der Waals surface area contributed by atoms with Crippen LogP contribution in [0.5, 0.6) is 0 Å². The maximum Gasteiger partial charge on any atom is 0.262 e. The molecule has 0 fully saturated rings. The molecule has 2 aromatic rings. The SMILES string of the molecule is C=C(C(C)=O)C(c1ccccc1)N1C(=O)c2cc(Cl)c(Cl)cc2C1=O. The lowest BCUT2D eigenvalue weighted by molar-refractivity contribution is -0.114. The van der Waals surface area contributed by atoms with Gasteiger partial charge in [0.05, 0.1) is 27.2 Å². The number of rotatable bonds is 4. The smallest absolute Gasteiger partial charge is 0.262 e. The number of benzene rings is 2. The van der Waals surface area contributed by atoms with Gasteiger partial charge in [-0.2, -0.15) is 0 Å². The maximum atomic E-state index is 12.9. The van der Waals surface area contributed by atoms with E-state index in [4.69, 9.17) is 23.2 Å². The summed E-state index contributed by atoms with van der Waals surface area (Å²) in [6.07, 6.45) is 0. The molecule has 1 heterocycles. The second-order valence-corrected chi connectivity index (χ2v) is 6.50. The van der Waals surface area contributed by atoms with E-state index < -0.39 is 17.9 Å². The highest BCUT2D eigenvalue weighted by Crippen LogP contribution is 2.38. The molecule has 0 radical (unpaired) electrons. The minimum atomic E-state index is -0.886. The van der Waals surface area contributed by atoms with Gasteiger partial charge >= 0.3 is 0 Å². The highest BCUT2D eigenvalue weighted by atomic mass is 35.5. The molecule has 0 N–H and O–H groups in total. The second-order valence-electron chi connectivity index (χ2n) is 5.69. The Kier molecular flexibility index (Phi) is 4.50. The van der Waals surface area contributed by atoms with Gasteiger partial charge in [0, 0.05) is 5.57 Å². The standard InChI is InChI=1S/C19H13Cl2NO3/c1-10(11(2)23)17(12-6-4-3-5-7-12)22-18(24)13-8-15(20)16(21)9-14(13)19(22)25/h3-9,17H,1H2,2H3. The summed E-state index contributed by atoms with van der Waals surface area (Å²) in [5, 5.41) is 0.371. The van der Waals surface area contributed by atoms with Crippen LogP contribution in [0.25, 0.3) is 0 Å². The van der Waals surface area contributed by atoms with Crippen LogP contribution in [0.3, 0.4) is 0 Å². The van der Waals surface area contributed by atoms with Crippen molar-refractivity contribution in [3.05, 3.63) is 81.4 Å².